The van der Waals surface area contributed by atoms with Gasteiger partial charge in [0.25, 0.3) is 0 Å². The van der Waals surface area contributed by atoms with E-state index in [-0.39, 0.29) is 0 Å². The van der Waals surface area contributed by atoms with Crippen LogP contribution in [0.2, 0.25) is 0 Å². The highest BCUT2D eigenvalue weighted by Crippen LogP contribution is 2.24. The van der Waals surface area contributed by atoms with Crippen molar-refractivity contribution >= 4 is 0 Å². The highest BCUT2D eigenvalue weighted by molar-refractivity contribution is 5.44. The van der Waals surface area contributed by atoms with Gasteiger partial charge in [0.1, 0.15) is 0 Å². The average Bonchev–Trinajstić information content (AvgIpc) is 3.16. The number of furan rings is 1. The third-order valence-corrected chi connectivity index (χ3v) is 4.05. The van der Waals surface area contributed by atoms with Crippen LogP contribution in [0, 0.1) is 0 Å². The highest BCUT2D eigenvalue weighted by atomic mass is 16.5. The smallest absolute Gasteiger partial charge is 0.241 e. The molecule has 20 heavy (non-hydrogen) atoms. The van der Waals surface area contributed by atoms with Gasteiger partial charge in [-0.2, -0.15) is 4.98 Å². The van der Waals surface area contributed by atoms with Gasteiger partial charge in [-0.05, 0) is 31.5 Å². The highest BCUT2D eigenvalue weighted by Gasteiger charge is 2.22. The van der Waals surface area contributed by atoms with Crippen LogP contribution in [-0.4, -0.2) is 27.6 Å². The lowest BCUT2D eigenvalue weighted by Gasteiger charge is -2.32. The predicted octanol–water partition coefficient (Wildman–Crippen LogP) is 3.48. The molecule has 0 spiro atoms. The van der Waals surface area contributed by atoms with Crippen LogP contribution in [-0.2, 0) is 6.54 Å². The van der Waals surface area contributed by atoms with Crippen LogP contribution in [0.1, 0.15) is 44.9 Å². The van der Waals surface area contributed by atoms with E-state index in [1.54, 1.807) is 6.26 Å². The van der Waals surface area contributed by atoms with Crippen LogP contribution in [0.3, 0.4) is 0 Å². The van der Waals surface area contributed by atoms with Crippen molar-refractivity contribution in [1.82, 2.24) is 15.0 Å². The molecule has 2 aromatic rings. The van der Waals surface area contributed by atoms with Gasteiger partial charge in [0.15, 0.2) is 5.76 Å². The van der Waals surface area contributed by atoms with E-state index in [0.29, 0.717) is 23.5 Å². The number of hydrogen-bond donors (Lipinski definition) is 0. The molecule has 0 bridgehead atoms. The van der Waals surface area contributed by atoms with Crippen LogP contribution >= 0.6 is 0 Å². The summed E-state index contributed by atoms with van der Waals surface area (Å²) in [4.78, 5) is 6.87. The molecule has 3 rings (SSSR count). The second-order valence-electron chi connectivity index (χ2n) is 5.34. The van der Waals surface area contributed by atoms with Crippen molar-refractivity contribution in [2.24, 2.45) is 0 Å². The third kappa shape index (κ3) is 2.93. The quantitative estimate of drug-likeness (QED) is 0.836. The summed E-state index contributed by atoms with van der Waals surface area (Å²) in [6, 6.07) is 4.33. The SMILES string of the molecule is CCN(Cc1nc(-c2ccco2)no1)C1CCCCC1. The first-order valence-electron chi connectivity index (χ1n) is 7.47. The molecule has 0 N–H and O–H groups in total. The van der Waals surface area contributed by atoms with Crippen molar-refractivity contribution < 1.29 is 8.94 Å². The molecule has 0 saturated heterocycles. The van der Waals surface area contributed by atoms with Gasteiger partial charge >= 0.3 is 0 Å². The van der Waals surface area contributed by atoms with Gasteiger partial charge in [-0.3, -0.25) is 4.90 Å². The van der Waals surface area contributed by atoms with Crippen molar-refractivity contribution in [2.75, 3.05) is 6.54 Å². The number of hydrogen-bond acceptors (Lipinski definition) is 5. The van der Waals surface area contributed by atoms with Crippen LogP contribution < -0.4 is 0 Å². The molecule has 1 saturated carbocycles. The largest absolute Gasteiger partial charge is 0.461 e. The van der Waals surface area contributed by atoms with Gasteiger partial charge in [-0.15, -0.1) is 0 Å². The molecule has 108 valence electrons. The Bertz CT molecular complexity index is 515. The van der Waals surface area contributed by atoms with Crippen LogP contribution in [0.25, 0.3) is 11.6 Å². The molecule has 1 aliphatic carbocycles. The minimum absolute atomic E-state index is 0.532. The van der Waals surface area contributed by atoms with E-state index in [2.05, 4.69) is 22.0 Å². The summed E-state index contributed by atoms with van der Waals surface area (Å²) in [5, 5.41) is 3.98. The van der Waals surface area contributed by atoms with Crippen LogP contribution in [0.5, 0.6) is 0 Å². The molecule has 2 aromatic heterocycles. The fourth-order valence-corrected chi connectivity index (χ4v) is 2.94. The van der Waals surface area contributed by atoms with Crippen molar-refractivity contribution in [2.45, 2.75) is 51.6 Å². The van der Waals surface area contributed by atoms with Crippen molar-refractivity contribution in [1.29, 1.82) is 0 Å². The van der Waals surface area contributed by atoms with Crippen LogP contribution in [0.4, 0.5) is 0 Å². The zero-order chi connectivity index (χ0) is 13.8. The first-order chi connectivity index (χ1) is 9.86. The summed E-state index contributed by atoms with van der Waals surface area (Å²) in [5.74, 6) is 1.86. The van der Waals surface area contributed by atoms with E-state index < -0.39 is 0 Å². The third-order valence-electron chi connectivity index (χ3n) is 4.05. The molecule has 0 aromatic carbocycles. The van der Waals surface area contributed by atoms with Crippen molar-refractivity contribution in [3.63, 3.8) is 0 Å². The van der Waals surface area contributed by atoms with Crippen molar-refractivity contribution in [3.8, 4) is 11.6 Å². The lowest BCUT2D eigenvalue weighted by molar-refractivity contribution is 0.139. The van der Waals surface area contributed by atoms with Gasteiger partial charge in [0, 0.05) is 6.04 Å². The van der Waals surface area contributed by atoms with Gasteiger partial charge in [-0.25, -0.2) is 0 Å². The lowest BCUT2D eigenvalue weighted by atomic mass is 9.94. The Hall–Kier alpha value is -1.62. The Labute approximate surface area is 119 Å². The summed E-state index contributed by atoms with van der Waals surface area (Å²) in [7, 11) is 0. The normalized spacial score (nSPS) is 16.9. The molecule has 1 aliphatic rings. The van der Waals surface area contributed by atoms with Gasteiger partial charge < -0.3 is 8.94 Å². The summed E-state index contributed by atoms with van der Waals surface area (Å²) < 4.78 is 10.6. The zero-order valence-electron chi connectivity index (χ0n) is 11.9. The maximum absolute atomic E-state index is 5.35. The number of nitrogens with zero attached hydrogens (tertiary/aromatic N) is 3. The molecular weight excluding hydrogens is 254 g/mol. The number of aromatic nitrogens is 2. The second kappa shape index (κ2) is 6.22. The van der Waals surface area contributed by atoms with Crippen LogP contribution in [0.15, 0.2) is 27.3 Å². The Kier molecular flexibility index (Phi) is 4.16. The molecule has 0 unspecified atom stereocenters. The Balaban J connectivity index is 1.66. The van der Waals surface area contributed by atoms with E-state index in [1.165, 1.54) is 32.1 Å². The maximum Gasteiger partial charge on any atom is 0.241 e. The van der Waals surface area contributed by atoms with E-state index in [1.807, 2.05) is 12.1 Å². The standard InChI is InChI=1S/C15H21N3O2/c1-2-18(12-7-4-3-5-8-12)11-14-16-15(17-20-14)13-9-6-10-19-13/h6,9-10,12H,2-5,7-8,11H2,1H3. The molecule has 2 heterocycles. The molecule has 0 atom stereocenters. The second-order valence-corrected chi connectivity index (χ2v) is 5.34. The first kappa shape index (κ1) is 13.4. The monoisotopic (exact) mass is 275 g/mol. The Morgan fingerprint density at radius 3 is 2.85 bits per heavy atom. The summed E-state index contributed by atoms with van der Waals surface area (Å²) >= 11 is 0. The van der Waals surface area contributed by atoms with Gasteiger partial charge in [-0.1, -0.05) is 31.3 Å². The molecule has 5 nitrogen and oxygen atoms in total. The maximum atomic E-state index is 5.35. The van der Waals surface area contributed by atoms with Crippen molar-refractivity contribution in [3.05, 3.63) is 24.3 Å². The zero-order valence-corrected chi connectivity index (χ0v) is 11.9. The predicted molar refractivity (Wildman–Crippen MR) is 75.0 cm³/mol. The summed E-state index contributed by atoms with van der Waals surface area (Å²) in [6.07, 6.45) is 8.23. The molecule has 0 aliphatic heterocycles. The van der Waals surface area contributed by atoms with E-state index in [4.69, 9.17) is 8.94 Å². The minimum atomic E-state index is 0.532. The van der Waals surface area contributed by atoms with Gasteiger partial charge in [0.2, 0.25) is 11.7 Å². The molecular formula is C15H21N3O2. The van der Waals surface area contributed by atoms with Gasteiger partial charge in [0.05, 0.1) is 12.8 Å². The van der Waals surface area contributed by atoms with E-state index in [0.717, 1.165) is 13.1 Å². The summed E-state index contributed by atoms with van der Waals surface area (Å²) in [5.41, 5.74) is 0. The molecule has 0 radical (unpaired) electrons. The minimum Gasteiger partial charge on any atom is -0.461 e. The average molecular weight is 275 g/mol. The van der Waals surface area contributed by atoms with E-state index >= 15 is 0 Å². The Morgan fingerprint density at radius 2 is 2.15 bits per heavy atom. The molecule has 0 amide bonds. The topological polar surface area (TPSA) is 55.3 Å². The number of rotatable bonds is 5. The van der Waals surface area contributed by atoms with E-state index in [9.17, 15) is 0 Å². The summed E-state index contributed by atoms with van der Waals surface area (Å²) in [6.45, 7) is 3.94. The Morgan fingerprint density at radius 1 is 1.30 bits per heavy atom. The fraction of sp³-hybridized carbons (Fsp3) is 0.600. The fourth-order valence-electron chi connectivity index (χ4n) is 2.94. The molecule has 5 heteroatoms. The molecule has 1 fully saturated rings. The first-order valence-corrected chi connectivity index (χ1v) is 7.47. The lowest BCUT2D eigenvalue weighted by Crippen LogP contribution is -2.36.